The second-order valence-corrected chi connectivity index (χ2v) is 3.97. The van der Waals surface area contributed by atoms with Crippen LogP contribution in [0.2, 0.25) is 0 Å². The Morgan fingerprint density at radius 1 is 1.32 bits per heavy atom. The number of imidazole rings is 1. The minimum Gasteiger partial charge on any atom is -0.467 e. The molecule has 0 saturated carbocycles. The minimum absolute atomic E-state index is 0.432. The largest absolute Gasteiger partial charge is 0.467 e. The molecule has 1 aromatic carbocycles. The van der Waals surface area contributed by atoms with E-state index in [-0.39, 0.29) is 0 Å². The van der Waals surface area contributed by atoms with Crippen LogP contribution >= 0.6 is 0 Å². The summed E-state index contributed by atoms with van der Waals surface area (Å²) in [5.41, 5.74) is 1.29. The quantitative estimate of drug-likeness (QED) is 0.781. The van der Waals surface area contributed by atoms with Gasteiger partial charge < -0.3 is 19.5 Å². The number of aliphatic hydroxyl groups excluding tert-OH is 2. The average Bonchev–Trinajstić information content (AvgIpc) is 2.99. The summed E-state index contributed by atoms with van der Waals surface area (Å²) in [7, 11) is 1.15. The summed E-state index contributed by atoms with van der Waals surface area (Å²) in [5, 5.41) is 19.4. The average molecular weight is 262 g/mol. The molecular formula is C13H14N2O4. The molecule has 0 radical (unpaired) electrons. The van der Waals surface area contributed by atoms with Crippen LogP contribution in [0.3, 0.4) is 0 Å². The number of carbonyl (C=O) groups excluding carboxylic acids is 1. The van der Waals surface area contributed by atoms with E-state index in [0.29, 0.717) is 5.56 Å². The van der Waals surface area contributed by atoms with Crippen LogP contribution in [0.1, 0.15) is 11.7 Å². The van der Waals surface area contributed by atoms with Gasteiger partial charge in [-0.05, 0) is 17.7 Å². The van der Waals surface area contributed by atoms with Gasteiger partial charge in [0.25, 0.3) is 0 Å². The van der Waals surface area contributed by atoms with E-state index < -0.39 is 18.2 Å². The lowest BCUT2D eigenvalue weighted by molar-refractivity contribution is -0.156. The number of carbonyl (C=O) groups is 1. The van der Waals surface area contributed by atoms with Crippen LogP contribution < -0.4 is 0 Å². The maximum Gasteiger partial charge on any atom is 0.337 e. The lowest BCUT2D eigenvalue weighted by Crippen LogP contribution is -2.29. The van der Waals surface area contributed by atoms with Crippen molar-refractivity contribution in [1.29, 1.82) is 0 Å². The van der Waals surface area contributed by atoms with E-state index >= 15 is 0 Å². The van der Waals surface area contributed by atoms with Crippen LogP contribution in [0.15, 0.2) is 43.0 Å². The molecular weight excluding hydrogens is 248 g/mol. The molecule has 0 spiro atoms. The third kappa shape index (κ3) is 2.81. The van der Waals surface area contributed by atoms with Gasteiger partial charge in [0.1, 0.15) is 6.10 Å². The number of methoxy groups -OCH3 is 1. The van der Waals surface area contributed by atoms with Crippen LogP contribution in [0.25, 0.3) is 5.69 Å². The summed E-state index contributed by atoms with van der Waals surface area (Å²) in [4.78, 5) is 15.1. The van der Waals surface area contributed by atoms with Gasteiger partial charge in [0, 0.05) is 18.1 Å². The van der Waals surface area contributed by atoms with Crippen molar-refractivity contribution in [3.8, 4) is 5.69 Å². The van der Waals surface area contributed by atoms with Crippen molar-refractivity contribution in [2.45, 2.75) is 12.2 Å². The monoisotopic (exact) mass is 262 g/mol. The molecule has 1 aromatic heterocycles. The summed E-state index contributed by atoms with van der Waals surface area (Å²) < 4.78 is 6.17. The number of aromatic nitrogens is 2. The number of benzene rings is 1. The number of esters is 1. The summed E-state index contributed by atoms with van der Waals surface area (Å²) >= 11 is 0. The van der Waals surface area contributed by atoms with E-state index in [0.717, 1.165) is 12.8 Å². The fourth-order valence-corrected chi connectivity index (χ4v) is 1.69. The number of aliphatic hydroxyl groups is 2. The summed E-state index contributed by atoms with van der Waals surface area (Å²) in [5.74, 6) is -0.869. The van der Waals surface area contributed by atoms with Crippen LogP contribution in [-0.2, 0) is 9.53 Å². The second-order valence-electron chi connectivity index (χ2n) is 3.97. The minimum atomic E-state index is -1.59. The molecule has 2 rings (SSSR count). The van der Waals surface area contributed by atoms with Gasteiger partial charge in [0.05, 0.1) is 13.4 Å². The lowest BCUT2D eigenvalue weighted by atomic mass is 10.0. The predicted octanol–water partition coefficient (Wildman–Crippen LogP) is 0.440. The number of hydrogen-bond donors (Lipinski definition) is 2. The van der Waals surface area contributed by atoms with Crippen molar-refractivity contribution >= 4 is 5.97 Å². The summed E-state index contributed by atoms with van der Waals surface area (Å²) in [6.45, 7) is 0. The Kier molecular flexibility index (Phi) is 3.94. The Labute approximate surface area is 109 Å². The molecule has 2 N–H and O–H groups in total. The van der Waals surface area contributed by atoms with Gasteiger partial charge in [-0.2, -0.15) is 0 Å². The Balaban J connectivity index is 2.16. The Morgan fingerprint density at radius 3 is 2.53 bits per heavy atom. The Hall–Kier alpha value is -2.18. The topological polar surface area (TPSA) is 84.6 Å². The zero-order valence-electron chi connectivity index (χ0n) is 10.3. The van der Waals surface area contributed by atoms with Crippen molar-refractivity contribution in [2.75, 3.05) is 7.11 Å². The molecule has 0 saturated heterocycles. The van der Waals surface area contributed by atoms with Gasteiger partial charge in [-0.1, -0.05) is 12.1 Å². The van der Waals surface area contributed by atoms with Crippen LogP contribution in [0, 0.1) is 0 Å². The molecule has 2 unspecified atom stereocenters. The van der Waals surface area contributed by atoms with E-state index in [4.69, 9.17) is 0 Å². The first-order valence-electron chi connectivity index (χ1n) is 5.65. The molecule has 0 bridgehead atoms. The third-order valence-electron chi connectivity index (χ3n) is 2.78. The maximum absolute atomic E-state index is 11.1. The molecule has 0 amide bonds. The molecule has 2 atom stereocenters. The molecule has 1 heterocycles. The van der Waals surface area contributed by atoms with Gasteiger partial charge in [0.15, 0.2) is 6.10 Å². The third-order valence-corrected chi connectivity index (χ3v) is 2.78. The highest BCUT2D eigenvalue weighted by molar-refractivity contribution is 5.75. The highest BCUT2D eigenvalue weighted by Gasteiger charge is 2.26. The van der Waals surface area contributed by atoms with Gasteiger partial charge in [-0.25, -0.2) is 9.78 Å². The zero-order chi connectivity index (χ0) is 13.8. The zero-order valence-corrected chi connectivity index (χ0v) is 10.3. The molecule has 6 nitrogen and oxygen atoms in total. The van der Waals surface area contributed by atoms with Gasteiger partial charge in [0.2, 0.25) is 0 Å². The summed E-state index contributed by atoms with van der Waals surface area (Å²) in [6.07, 6.45) is 2.18. The lowest BCUT2D eigenvalue weighted by Gasteiger charge is -2.16. The number of hydrogen-bond acceptors (Lipinski definition) is 5. The molecule has 6 heteroatoms. The molecule has 0 aliphatic rings. The standard InChI is InChI=1S/C13H14N2O4/c1-19-13(18)12(17)11(16)9-2-4-10(5-3-9)15-7-6-14-8-15/h2-8,11-12,16-17H,1H3. The van der Waals surface area contributed by atoms with Gasteiger partial charge in [-0.3, -0.25) is 0 Å². The van der Waals surface area contributed by atoms with Crippen LogP contribution in [0.4, 0.5) is 0 Å². The van der Waals surface area contributed by atoms with Crippen molar-refractivity contribution in [2.24, 2.45) is 0 Å². The summed E-state index contributed by atoms with van der Waals surface area (Å²) in [6, 6.07) is 6.77. The Bertz CT molecular complexity index is 536. The maximum atomic E-state index is 11.1. The smallest absolute Gasteiger partial charge is 0.337 e. The van der Waals surface area contributed by atoms with Crippen molar-refractivity contribution < 1.29 is 19.7 Å². The fraction of sp³-hybridized carbons (Fsp3) is 0.231. The van der Waals surface area contributed by atoms with E-state index in [1.807, 2.05) is 0 Å². The molecule has 19 heavy (non-hydrogen) atoms. The molecule has 2 aromatic rings. The highest BCUT2D eigenvalue weighted by Crippen LogP contribution is 2.19. The van der Waals surface area contributed by atoms with Crippen molar-refractivity contribution in [3.63, 3.8) is 0 Å². The second kappa shape index (κ2) is 5.64. The van der Waals surface area contributed by atoms with E-state index in [1.165, 1.54) is 0 Å². The van der Waals surface area contributed by atoms with E-state index in [9.17, 15) is 15.0 Å². The SMILES string of the molecule is COC(=O)C(O)C(O)c1ccc(-n2ccnc2)cc1. The highest BCUT2D eigenvalue weighted by atomic mass is 16.5. The molecule has 0 aliphatic carbocycles. The van der Waals surface area contributed by atoms with E-state index in [1.54, 1.807) is 47.6 Å². The van der Waals surface area contributed by atoms with Gasteiger partial charge in [-0.15, -0.1) is 0 Å². The van der Waals surface area contributed by atoms with Crippen LogP contribution in [0.5, 0.6) is 0 Å². The first-order chi connectivity index (χ1) is 9.13. The normalized spacial score (nSPS) is 13.8. The number of nitrogens with zero attached hydrogens (tertiary/aromatic N) is 2. The predicted molar refractivity (Wildman–Crippen MR) is 66.5 cm³/mol. The molecule has 100 valence electrons. The number of ether oxygens (including phenoxy) is 1. The first kappa shape index (κ1) is 13.3. The van der Waals surface area contributed by atoms with Crippen molar-refractivity contribution in [1.82, 2.24) is 9.55 Å². The van der Waals surface area contributed by atoms with Crippen LogP contribution in [-0.4, -0.2) is 38.9 Å². The molecule has 0 fully saturated rings. The first-order valence-corrected chi connectivity index (χ1v) is 5.65. The van der Waals surface area contributed by atoms with Crippen molar-refractivity contribution in [3.05, 3.63) is 48.5 Å². The fourth-order valence-electron chi connectivity index (χ4n) is 1.69. The molecule has 0 aliphatic heterocycles. The van der Waals surface area contributed by atoms with Gasteiger partial charge >= 0.3 is 5.97 Å². The Morgan fingerprint density at radius 2 is 2.00 bits per heavy atom. The van der Waals surface area contributed by atoms with E-state index in [2.05, 4.69) is 9.72 Å². The number of rotatable bonds is 4.